The van der Waals surface area contributed by atoms with Crippen molar-refractivity contribution in [1.82, 2.24) is 9.55 Å². The molecule has 0 radical (unpaired) electrons. The Kier molecular flexibility index (Phi) is 4.98. The second kappa shape index (κ2) is 7.20. The van der Waals surface area contributed by atoms with Crippen LogP contribution in [0.25, 0.3) is 11.0 Å². The third-order valence-electron chi connectivity index (χ3n) is 4.06. The van der Waals surface area contributed by atoms with Crippen LogP contribution in [0.2, 0.25) is 0 Å². The Morgan fingerprint density at radius 2 is 1.92 bits per heavy atom. The molecule has 0 aliphatic heterocycles. The molecule has 2 aromatic carbocycles. The lowest BCUT2D eigenvalue weighted by atomic mass is 9.95. The first-order valence-electron chi connectivity index (χ1n) is 8.87. The zero-order chi connectivity index (χ0) is 18.7. The topological polar surface area (TPSA) is 56.1 Å². The standard InChI is InChI=1S/C21H25N3O2/c1-5-26-16-10-8-9-15(13-16)22-19(25)14-24-18-12-7-6-11-17(18)23-20(24)21(2,3)4/h6-13H,5,14H2,1-4H3,(H,22,25). The summed E-state index contributed by atoms with van der Waals surface area (Å²) >= 11 is 0. The maximum absolute atomic E-state index is 12.7. The van der Waals surface area contributed by atoms with Crippen LogP contribution in [0.4, 0.5) is 5.69 Å². The van der Waals surface area contributed by atoms with E-state index >= 15 is 0 Å². The van der Waals surface area contributed by atoms with Crippen molar-refractivity contribution >= 4 is 22.6 Å². The minimum Gasteiger partial charge on any atom is -0.494 e. The van der Waals surface area contributed by atoms with E-state index in [9.17, 15) is 4.79 Å². The number of para-hydroxylation sites is 2. The van der Waals surface area contributed by atoms with Crippen molar-refractivity contribution in [2.45, 2.75) is 39.7 Å². The molecule has 0 saturated heterocycles. The van der Waals surface area contributed by atoms with E-state index in [0.717, 1.165) is 28.3 Å². The lowest BCUT2D eigenvalue weighted by Gasteiger charge is -2.20. The predicted molar refractivity (Wildman–Crippen MR) is 105 cm³/mol. The Hall–Kier alpha value is -2.82. The van der Waals surface area contributed by atoms with Gasteiger partial charge in [-0.3, -0.25) is 4.79 Å². The smallest absolute Gasteiger partial charge is 0.244 e. The van der Waals surface area contributed by atoms with Gasteiger partial charge in [0, 0.05) is 17.2 Å². The number of nitrogens with one attached hydrogen (secondary N) is 1. The summed E-state index contributed by atoms with van der Waals surface area (Å²) in [6.07, 6.45) is 0. The molecule has 1 heterocycles. The number of imidazole rings is 1. The minimum atomic E-state index is -0.159. The number of ether oxygens (including phenoxy) is 1. The molecule has 136 valence electrons. The van der Waals surface area contributed by atoms with Gasteiger partial charge < -0.3 is 14.6 Å². The van der Waals surface area contributed by atoms with Gasteiger partial charge in [0.2, 0.25) is 5.91 Å². The number of rotatable bonds is 5. The first-order chi connectivity index (χ1) is 12.4. The van der Waals surface area contributed by atoms with Crippen molar-refractivity contribution in [2.75, 3.05) is 11.9 Å². The number of fused-ring (bicyclic) bond motifs is 1. The summed E-state index contributed by atoms with van der Waals surface area (Å²) in [6, 6.07) is 15.3. The van der Waals surface area contributed by atoms with Gasteiger partial charge in [-0.15, -0.1) is 0 Å². The normalized spacial score (nSPS) is 11.5. The summed E-state index contributed by atoms with van der Waals surface area (Å²) in [5.74, 6) is 1.55. The summed E-state index contributed by atoms with van der Waals surface area (Å²) in [5, 5.41) is 2.95. The van der Waals surface area contributed by atoms with Crippen molar-refractivity contribution in [2.24, 2.45) is 0 Å². The summed E-state index contributed by atoms with van der Waals surface area (Å²) < 4.78 is 7.49. The van der Waals surface area contributed by atoms with Gasteiger partial charge in [0.15, 0.2) is 0 Å². The van der Waals surface area contributed by atoms with Crippen molar-refractivity contribution in [3.05, 3.63) is 54.4 Å². The molecule has 1 aromatic heterocycles. The van der Waals surface area contributed by atoms with E-state index in [1.165, 1.54) is 0 Å². The SMILES string of the molecule is CCOc1cccc(NC(=O)Cn2c(C(C)(C)C)nc3ccccc32)c1. The molecule has 0 bridgehead atoms. The molecule has 0 spiro atoms. The van der Waals surface area contributed by atoms with Crippen LogP contribution in [0.5, 0.6) is 5.75 Å². The molecule has 0 aliphatic carbocycles. The van der Waals surface area contributed by atoms with Gasteiger partial charge in [-0.05, 0) is 31.2 Å². The van der Waals surface area contributed by atoms with Gasteiger partial charge >= 0.3 is 0 Å². The van der Waals surface area contributed by atoms with Crippen molar-refractivity contribution in [3.63, 3.8) is 0 Å². The maximum atomic E-state index is 12.7. The van der Waals surface area contributed by atoms with Gasteiger partial charge in [0.25, 0.3) is 0 Å². The number of hydrogen-bond acceptors (Lipinski definition) is 3. The quantitative estimate of drug-likeness (QED) is 0.742. The number of anilines is 1. The molecule has 0 aliphatic rings. The zero-order valence-corrected chi connectivity index (χ0v) is 15.7. The summed E-state index contributed by atoms with van der Waals surface area (Å²) in [7, 11) is 0. The molecule has 5 heteroatoms. The van der Waals surface area contributed by atoms with Gasteiger partial charge in [0.1, 0.15) is 18.1 Å². The maximum Gasteiger partial charge on any atom is 0.244 e. The average molecular weight is 351 g/mol. The highest BCUT2D eigenvalue weighted by atomic mass is 16.5. The Bertz CT molecular complexity index is 922. The molecule has 1 amide bonds. The average Bonchev–Trinajstić information content (AvgIpc) is 2.94. The van der Waals surface area contributed by atoms with E-state index in [-0.39, 0.29) is 17.9 Å². The zero-order valence-electron chi connectivity index (χ0n) is 15.7. The Morgan fingerprint density at radius 1 is 1.15 bits per heavy atom. The molecule has 26 heavy (non-hydrogen) atoms. The lowest BCUT2D eigenvalue weighted by Crippen LogP contribution is -2.25. The van der Waals surface area contributed by atoms with E-state index in [2.05, 4.69) is 26.1 Å². The second-order valence-electron chi connectivity index (χ2n) is 7.27. The fourth-order valence-electron chi connectivity index (χ4n) is 2.98. The van der Waals surface area contributed by atoms with Crippen LogP contribution in [0, 0.1) is 0 Å². The van der Waals surface area contributed by atoms with Crippen molar-refractivity contribution in [1.29, 1.82) is 0 Å². The van der Waals surface area contributed by atoms with Crippen LogP contribution in [-0.4, -0.2) is 22.1 Å². The first-order valence-corrected chi connectivity index (χ1v) is 8.87. The van der Waals surface area contributed by atoms with Crippen molar-refractivity contribution in [3.8, 4) is 5.75 Å². The molecular formula is C21H25N3O2. The second-order valence-corrected chi connectivity index (χ2v) is 7.27. The number of benzene rings is 2. The van der Waals surface area contributed by atoms with Gasteiger partial charge in [-0.25, -0.2) is 4.98 Å². The number of nitrogens with zero attached hydrogens (tertiary/aromatic N) is 2. The summed E-state index contributed by atoms with van der Waals surface area (Å²) in [5.41, 5.74) is 2.44. The highest BCUT2D eigenvalue weighted by Gasteiger charge is 2.23. The fraction of sp³-hybridized carbons (Fsp3) is 0.333. The number of carbonyl (C=O) groups is 1. The molecule has 1 N–H and O–H groups in total. The van der Waals surface area contributed by atoms with E-state index in [4.69, 9.17) is 9.72 Å². The molecule has 0 unspecified atom stereocenters. The molecule has 5 nitrogen and oxygen atoms in total. The third kappa shape index (κ3) is 3.87. The van der Waals surface area contributed by atoms with Crippen LogP contribution in [0.15, 0.2) is 48.5 Å². The van der Waals surface area contributed by atoms with E-state index < -0.39 is 0 Å². The third-order valence-corrected chi connectivity index (χ3v) is 4.06. The van der Waals surface area contributed by atoms with Crippen molar-refractivity contribution < 1.29 is 9.53 Å². The Labute approximate surface area is 154 Å². The highest BCUT2D eigenvalue weighted by Crippen LogP contribution is 2.26. The van der Waals surface area contributed by atoms with E-state index in [1.807, 2.05) is 60.0 Å². The molecule has 0 atom stereocenters. The van der Waals surface area contributed by atoms with Crippen LogP contribution in [-0.2, 0) is 16.8 Å². The number of aromatic nitrogens is 2. The minimum absolute atomic E-state index is 0.0905. The molecule has 3 rings (SSSR count). The Balaban J connectivity index is 1.86. The monoisotopic (exact) mass is 351 g/mol. The highest BCUT2D eigenvalue weighted by molar-refractivity contribution is 5.92. The number of carbonyl (C=O) groups excluding carboxylic acids is 1. The van der Waals surface area contributed by atoms with Crippen LogP contribution in [0.1, 0.15) is 33.5 Å². The van der Waals surface area contributed by atoms with Gasteiger partial charge in [-0.1, -0.05) is 39.0 Å². The van der Waals surface area contributed by atoms with Crippen LogP contribution in [0.3, 0.4) is 0 Å². The molecule has 3 aromatic rings. The van der Waals surface area contributed by atoms with Gasteiger partial charge in [0.05, 0.1) is 17.6 Å². The van der Waals surface area contributed by atoms with Gasteiger partial charge in [-0.2, -0.15) is 0 Å². The van der Waals surface area contributed by atoms with E-state index in [0.29, 0.717) is 6.61 Å². The Morgan fingerprint density at radius 3 is 2.65 bits per heavy atom. The fourth-order valence-corrected chi connectivity index (χ4v) is 2.98. The lowest BCUT2D eigenvalue weighted by molar-refractivity contribution is -0.116. The summed E-state index contributed by atoms with van der Waals surface area (Å²) in [6.45, 7) is 9.05. The predicted octanol–water partition coefficient (Wildman–Crippen LogP) is 4.37. The largest absolute Gasteiger partial charge is 0.494 e. The van der Waals surface area contributed by atoms with E-state index in [1.54, 1.807) is 0 Å². The number of amides is 1. The first kappa shape index (κ1) is 18.0. The number of hydrogen-bond donors (Lipinski definition) is 1. The van der Waals surface area contributed by atoms with Crippen LogP contribution >= 0.6 is 0 Å². The van der Waals surface area contributed by atoms with Crippen LogP contribution < -0.4 is 10.1 Å². The molecular weight excluding hydrogens is 326 g/mol. The molecule has 0 saturated carbocycles. The molecule has 0 fully saturated rings. The summed E-state index contributed by atoms with van der Waals surface area (Å²) in [4.78, 5) is 17.4.